The molecular weight excluding hydrogens is 236 g/mol. The highest BCUT2D eigenvalue weighted by atomic mass is 35.5. The molecule has 0 spiro atoms. The second-order valence-electron chi connectivity index (χ2n) is 3.86. The zero-order valence-corrected chi connectivity index (χ0v) is 10.4. The van der Waals surface area contributed by atoms with Crippen LogP contribution in [0.25, 0.3) is 0 Å². The molecule has 4 nitrogen and oxygen atoms in total. The van der Waals surface area contributed by atoms with E-state index in [4.69, 9.17) is 17.3 Å². The first-order chi connectivity index (χ1) is 8.24. The fourth-order valence-corrected chi connectivity index (χ4v) is 2.05. The molecule has 2 aromatic rings. The number of hydrogen-bond donors (Lipinski definition) is 1. The summed E-state index contributed by atoms with van der Waals surface area (Å²) in [6.07, 6.45) is 6.11. The number of rotatable bonds is 4. The van der Waals surface area contributed by atoms with Gasteiger partial charge in [0.25, 0.3) is 0 Å². The van der Waals surface area contributed by atoms with Crippen molar-refractivity contribution < 1.29 is 0 Å². The average molecular weight is 251 g/mol. The van der Waals surface area contributed by atoms with Gasteiger partial charge in [-0.1, -0.05) is 24.6 Å². The van der Waals surface area contributed by atoms with Crippen molar-refractivity contribution in [2.75, 3.05) is 0 Å². The number of aromatic nitrogens is 3. The summed E-state index contributed by atoms with van der Waals surface area (Å²) in [5, 5.41) is 4.84. The third kappa shape index (κ3) is 2.48. The van der Waals surface area contributed by atoms with E-state index in [1.165, 1.54) is 0 Å². The Hall–Kier alpha value is -1.39. The molecule has 0 aromatic carbocycles. The second-order valence-corrected chi connectivity index (χ2v) is 4.27. The molecule has 2 aromatic heterocycles. The number of pyridine rings is 1. The predicted octanol–water partition coefficient (Wildman–Crippen LogP) is 2.39. The molecule has 0 saturated heterocycles. The smallest absolute Gasteiger partial charge is 0.0837 e. The maximum Gasteiger partial charge on any atom is 0.0837 e. The lowest BCUT2D eigenvalue weighted by atomic mass is 10.1. The minimum absolute atomic E-state index is 0.287. The first-order valence-corrected chi connectivity index (χ1v) is 5.98. The van der Waals surface area contributed by atoms with Crippen molar-refractivity contribution in [2.45, 2.75) is 25.9 Å². The van der Waals surface area contributed by atoms with Gasteiger partial charge in [0.05, 0.1) is 23.0 Å². The summed E-state index contributed by atoms with van der Waals surface area (Å²) < 4.78 is 1.86. The lowest BCUT2D eigenvalue weighted by molar-refractivity contribution is 0.559. The zero-order valence-electron chi connectivity index (χ0n) is 9.68. The predicted molar refractivity (Wildman–Crippen MR) is 67.8 cm³/mol. The van der Waals surface area contributed by atoms with Gasteiger partial charge in [0.2, 0.25) is 0 Å². The highest BCUT2D eigenvalue weighted by Crippen LogP contribution is 2.25. The molecule has 0 amide bonds. The van der Waals surface area contributed by atoms with Gasteiger partial charge in [-0.05, 0) is 18.1 Å². The van der Waals surface area contributed by atoms with Crippen LogP contribution >= 0.6 is 11.6 Å². The number of nitrogens with two attached hydrogens (primary N) is 1. The average Bonchev–Trinajstić information content (AvgIpc) is 2.71. The Kier molecular flexibility index (Phi) is 3.76. The van der Waals surface area contributed by atoms with E-state index in [0.717, 1.165) is 24.2 Å². The second kappa shape index (κ2) is 5.29. The Morgan fingerprint density at radius 1 is 1.47 bits per heavy atom. The number of aryl methyl sites for hydroxylation is 1. The van der Waals surface area contributed by atoms with E-state index in [9.17, 15) is 0 Å². The highest BCUT2D eigenvalue weighted by Gasteiger charge is 2.18. The van der Waals surface area contributed by atoms with E-state index >= 15 is 0 Å². The Bertz CT molecular complexity index is 481. The van der Waals surface area contributed by atoms with Crippen molar-refractivity contribution >= 4 is 11.6 Å². The van der Waals surface area contributed by atoms with E-state index in [1.54, 1.807) is 18.6 Å². The number of nitrogens with zero attached hydrogens (tertiary/aromatic N) is 3. The highest BCUT2D eigenvalue weighted by molar-refractivity contribution is 6.31. The van der Waals surface area contributed by atoms with Crippen LogP contribution < -0.4 is 5.73 Å². The summed E-state index contributed by atoms with van der Waals surface area (Å²) in [5.41, 5.74) is 7.99. The summed E-state index contributed by atoms with van der Waals surface area (Å²) in [6.45, 7) is 2.91. The van der Waals surface area contributed by atoms with Gasteiger partial charge in [0.15, 0.2) is 0 Å². The topological polar surface area (TPSA) is 56.7 Å². The van der Waals surface area contributed by atoms with Gasteiger partial charge in [-0.3, -0.25) is 9.67 Å². The molecule has 0 aliphatic carbocycles. The van der Waals surface area contributed by atoms with E-state index in [1.807, 2.05) is 16.8 Å². The number of halogens is 1. The van der Waals surface area contributed by atoms with Crippen LogP contribution in [0.5, 0.6) is 0 Å². The molecule has 2 N–H and O–H groups in total. The van der Waals surface area contributed by atoms with Gasteiger partial charge in [-0.25, -0.2) is 0 Å². The quantitative estimate of drug-likeness (QED) is 0.907. The lowest BCUT2D eigenvalue weighted by Gasteiger charge is -2.14. The molecule has 17 heavy (non-hydrogen) atoms. The first-order valence-electron chi connectivity index (χ1n) is 5.60. The molecular formula is C12H15ClN4. The zero-order chi connectivity index (χ0) is 12.3. The summed E-state index contributed by atoms with van der Waals surface area (Å²) >= 11 is 6.14. The Balaban J connectivity index is 2.36. The van der Waals surface area contributed by atoms with Gasteiger partial charge in [-0.15, -0.1) is 0 Å². The third-order valence-corrected chi connectivity index (χ3v) is 2.90. The standard InChI is InChI=1S/C12H15ClN4/c1-2-6-17-12(10(13)8-16-17)11(14)9-4-3-5-15-7-9/h3-5,7-8,11H,2,6,14H2,1H3. The largest absolute Gasteiger partial charge is 0.319 e. The van der Waals surface area contributed by atoms with E-state index in [-0.39, 0.29) is 6.04 Å². The van der Waals surface area contributed by atoms with Crippen LogP contribution in [0.1, 0.15) is 30.6 Å². The van der Waals surface area contributed by atoms with Gasteiger partial charge in [0, 0.05) is 18.9 Å². The van der Waals surface area contributed by atoms with Crippen molar-refractivity contribution in [3.05, 3.63) is 47.0 Å². The van der Waals surface area contributed by atoms with Crippen molar-refractivity contribution in [3.63, 3.8) is 0 Å². The molecule has 1 unspecified atom stereocenters. The van der Waals surface area contributed by atoms with Gasteiger partial charge in [0.1, 0.15) is 0 Å². The molecule has 90 valence electrons. The van der Waals surface area contributed by atoms with Crippen LogP contribution in [-0.2, 0) is 6.54 Å². The van der Waals surface area contributed by atoms with Crippen LogP contribution in [0.15, 0.2) is 30.7 Å². The SMILES string of the molecule is CCCn1ncc(Cl)c1C(N)c1cccnc1. The molecule has 0 fully saturated rings. The van der Waals surface area contributed by atoms with Crippen molar-refractivity contribution in [2.24, 2.45) is 5.73 Å². The summed E-state index contributed by atoms with van der Waals surface area (Å²) in [4.78, 5) is 4.07. The molecule has 0 radical (unpaired) electrons. The van der Waals surface area contributed by atoms with Crippen molar-refractivity contribution in [3.8, 4) is 0 Å². The molecule has 2 rings (SSSR count). The molecule has 2 heterocycles. The van der Waals surface area contributed by atoms with Crippen molar-refractivity contribution in [1.82, 2.24) is 14.8 Å². The molecule has 0 aliphatic rings. The van der Waals surface area contributed by atoms with Gasteiger partial charge < -0.3 is 5.73 Å². The minimum Gasteiger partial charge on any atom is -0.319 e. The molecule has 0 saturated carbocycles. The Morgan fingerprint density at radius 2 is 2.29 bits per heavy atom. The summed E-state index contributed by atoms with van der Waals surface area (Å²) in [6, 6.07) is 3.52. The first kappa shape index (κ1) is 12.1. The summed E-state index contributed by atoms with van der Waals surface area (Å²) in [7, 11) is 0. The Morgan fingerprint density at radius 3 is 2.94 bits per heavy atom. The van der Waals surface area contributed by atoms with E-state index in [0.29, 0.717) is 5.02 Å². The van der Waals surface area contributed by atoms with E-state index < -0.39 is 0 Å². The molecule has 1 atom stereocenters. The lowest BCUT2D eigenvalue weighted by Crippen LogP contribution is -2.18. The molecule has 0 aliphatic heterocycles. The maximum absolute atomic E-state index is 6.21. The minimum atomic E-state index is -0.287. The van der Waals surface area contributed by atoms with Gasteiger partial charge in [-0.2, -0.15) is 5.10 Å². The van der Waals surface area contributed by atoms with Crippen LogP contribution in [0.3, 0.4) is 0 Å². The van der Waals surface area contributed by atoms with E-state index in [2.05, 4.69) is 17.0 Å². The fraction of sp³-hybridized carbons (Fsp3) is 0.333. The summed E-state index contributed by atoms with van der Waals surface area (Å²) in [5.74, 6) is 0. The van der Waals surface area contributed by atoms with Crippen LogP contribution in [0, 0.1) is 0 Å². The third-order valence-electron chi connectivity index (χ3n) is 2.61. The van der Waals surface area contributed by atoms with Crippen molar-refractivity contribution in [1.29, 1.82) is 0 Å². The fourth-order valence-electron chi connectivity index (χ4n) is 1.79. The van der Waals surface area contributed by atoms with Crippen LogP contribution in [-0.4, -0.2) is 14.8 Å². The Labute approximate surface area is 105 Å². The van der Waals surface area contributed by atoms with Crippen LogP contribution in [0.4, 0.5) is 0 Å². The normalized spacial score (nSPS) is 12.6. The van der Waals surface area contributed by atoms with Crippen LogP contribution in [0.2, 0.25) is 5.02 Å². The van der Waals surface area contributed by atoms with Gasteiger partial charge >= 0.3 is 0 Å². The maximum atomic E-state index is 6.21. The monoisotopic (exact) mass is 250 g/mol. The molecule has 5 heteroatoms. The molecule has 0 bridgehead atoms. The number of hydrogen-bond acceptors (Lipinski definition) is 3.